The van der Waals surface area contributed by atoms with E-state index in [2.05, 4.69) is 86.3 Å². The Hall–Kier alpha value is -1.64. The summed E-state index contributed by atoms with van der Waals surface area (Å²) in [6.07, 6.45) is 2.68. The molecule has 0 N–H and O–H groups in total. The third-order valence-electron chi connectivity index (χ3n) is 4.56. The van der Waals surface area contributed by atoms with Crippen LogP contribution >= 0.6 is 0 Å². The maximum absolute atomic E-state index is 6.13. The lowest BCUT2D eigenvalue weighted by atomic mass is 9.86. The fourth-order valence-corrected chi connectivity index (χ4v) is 3.38. The van der Waals surface area contributed by atoms with Crippen LogP contribution in [0.2, 0.25) is 0 Å². The first-order chi connectivity index (χ1) is 11.5. The molecule has 3 rings (SSSR count). The standard InChI is InChI=1S/C22H29NO/c1-22(2,3)24-21-14-20(15-21)23(16-18-10-6-4-7-11-18)17-19-12-8-5-9-13-19/h4-13,20-21H,14-17H2,1-3H3. The van der Waals surface area contributed by atoms with Gasteiger partial charge in [-0.3, -0.25) is 4.90 Å². The van der Waals surface area contributed by atoms with E-state index >= 15 is 0 Å². The molecule has 2 nitrogen and oxygen atoms in total. The molecule has 1 aliphatic carbocycles. The summed E-state index contributed by atoms with van der Waals surface area (Å²) in [5.41, 5.74) is 2.72. The van der Waals surface area contributed by atoms with E-state index in [-0.39, 0.29) is 5.60 Å². The molecular weight excluding hydrogens is 294 g/mol. The first-order valence-electron chi connectivity index (χ1n) is 8.99. The van der Waals surface area contributed by atoms with Crippen LogP contribution in [0.5, 0.6) is 0 Å². The summed E-state index contributed by atoms with van der Waals surface area (Å²) in [7, 11) is 0. The van der Waals surface area contributed by atoms with Crippen LogP contribution in [0.15, 0.2) is 60.7 Å². The molecule has 2 aromatic rings. The van der Waals surface area contributed by atoms with Gasteiger partial charge in [-0.05, 0) is 44.7 Å². The molecule has 128 valence electrons. The molecule has 0 atom stereocenters. The van der Waals surface area contributed by atoms with Crippen LogP contribution in [0.25, 0.3) is 0 Å². The van der Waals surface area contributed by atoms with Gasteiger partial charge in [-0.1, -0.05) is 60.7 Å². The van der Waals surface area contributed by atoms with E-state index in [1.165, 1.54) is 11.1 Å². The van der Waals surface area contributed by atoms with Gasteiger partial charge in [-0.2, -0.15) is 0 Å². The van der Waals surface area contributed by atoms with Crippen LogP contribution < -0.4 is 0 Å². The van der Waals surface area contributed by atoms with Crippen LogP contribution in [0, 0.1) is 0 Å². The number of hydrogen-bond acceptors (Lipinski definition) is 2. The lowest BCUT2D eigenvalue weighted by Gasteiger charge is -2.45. The lowest BCUT2D eigenvalue weighted by molar-refractivity contribution is -0.122. The number of benzene rings is 2. The fraction of sp³-hybridized carbons (Fsp3) is 0.455. The molecule has 0 aromatic heterocycles. The summed E-state index contributed by atoms with van der Waals surface area (Å²) in [5.74, 6) is 0. The third-order valence-corrected chi connectivity index (χ3v) is 4.56. The van der Waals surface area contributed by atoms with Crippen LogP contribution in [-0.2, 0) is 17.8 Å². The van der Waals surface area contributed by atoms with E-state index in [9.17, 15) is 0 Å². The zero-order chi connectivity index (χ0) is 17.0. The van der Waals surface area contributed by atoms with Crippen molar-refractivity contribution in [1.29, 1.82) is 0 Å². The summed E-state index contributed by atoms with van der Waals surface area (Å²) in [4.78, 5) is 2.60. The van der Waals surface area contributed by atoms with Crippen molar-refractivity contribution < 1.29 is 4.74 Å². The largest absolute Gasteiger partial charge is 0.373 e. The molecule has 0 radical (unpaired) electrons. The minimum Gasteiger partial charge on any atom is -0.373 e. The Morgan fingerprint density at radius 3 is 1.71 bits per heavy atom. The molecule has 0 heterocycles. The summed E-state index contributed by atoms with van der Waals surface area (Å²) in [6.45, 7) is 8.44. The molecule has 2 heteroatoms. The number of rotatable bonds is 6. The van der Waals surface area contributed by atoms with Crippen molar-refractivity contribution in [3.05, 3.63) is 71.8 Å². The highest BCUT2D eigenvalue weighted by Gasteiger charge is 2.36. The predicted octanol–water partition coefficient (Wildman–Crippen LogP) is 5.03. The Morgan fingerprint density at radius 1 is 0.833 bits per heavy atom. The van der Waals surface area contributed by atoms with Gasteiger partial charge in [0.05, 0.1) is 11.7 Å². The van der Waals surface area contributed by atoms with Crippen molar-refractivity contribution in [2.24, 2.45) is 0 Å². The molecule has 0 amide bonds. The Kier molecular flexibility index (Phi) is 5.37. The molecule has 0 spiro atoms. The highest BCUT2D eigenvalue weighted by molar-refractivity contribution is 5.17. The number of nitrogens with zero attached hydrogens (tertiary/aromatic N) is 1. The number of hydrogen-bond donors (Lipinski definition) is 0. The molecule has 1 saturated carbocycles. The van der Waals surface area contributed by atoms with Gasteiger partial charge < -0.3 is 4.74 Å². The van der Waals surface area contributed by atoms with Gasteiger partial charge in [0, 0.05) is 19.1 Å². The van der Waals surface area contributed by atoms with Gasteiger partial charge in [-0.25, -0.2) is 0 Å². The monoisotopic (exact) mass is 323 g/mol. The summed E-state index contributed by atoms with van der Waals surface area (Å²) >= 11 is 0. The molecule has 0 aliphatic heterocycles. The lowest BCUT2D eigenvalue weighted by Crippen LogP contribution is -2.49. The van der Waals surface area contributed by atoms with E-state index < -0.39 is 0 Å². The van der Waals surface area contributed by atoms with Gasteiger partial charge in [0.2, 0.25) is 0 Å². The third kappa shape index (κ3) is 4.93. The van der Waals surface area contributed by atoms with Crippen molar-refractivity contribution >= 4 is 0 Å². The maximum Gasteiger partial charge on any atom is 0.0612 e. The second-order valence-corrected chi connectivity index (χ2v) is 7.85. The summed E-state index contributed by atoms with van der Waals surface area (Å²) in [5, 5.41) is 0. The van der Waals surface area contributed by atoms with Gasteiger partial charge in [-0.15, -0.1) is 0 Å². The van der Waals surface area contributed by atoms with Crippen LogP contribution in [0.4, 0.5) is 0 Å². The minimum atomic E-state index is -0.0423. The first-order valence-corrected chi connectivity index (χ1v) is 8.99. The molecule has 0 saturated heterocycles. The van der Waals surface area contributed by atoms with E-state index in [4.69, 9.17) is 4.74 Å². The van der Waals surface area contributed by atoms with Gasteiger partial charge in [0.15, 0.2) is 0 Å². The second-order valence-electron chi connectivity index (χ2n) is 7.85. The maximum atomic E-state index is 6.13. The average molecular weight is 323 g/mol. The molecule has 2 aromatic carbocycles. The van der Waals surface area contributed by atoms with Gasteiger partial charge in [0.25, 0.3) is 0 Å². The van der Waals surface area contributed by atoms with Gasteiger partial charge in [0.1, 0.15) is 0 Å². The van der Waals surface area contributed by atoms with Crippen molar-refractivity contribution in [3.63, 3.8) is 0 Å². The van der Waals surface area contributed by atoms with Crippen LogP contribution in [-0.4, -0.2) is 22.6 Å². The van der Waals surface area contributed by atoms with E-state index in [1.807, 2.05) is 0 Å². The first kappa shape index (κ1) is 17.2. The second kappa shape index (κ2) is 7.50. The molecule has 1 aliphatic rings. The SMILES string of the molecule is CC(C)(C)OC1CC(N(Cc2ccccc2)Cc2ccccc2)C1. The zero-order valence-electron chi connectivity index (χ0n) is 15.1. The van der Waals surface area contributed by atoms with E-state index in [1.54, 1.807) is 0 Å². The molecule has 0 unspecified atom stereocenters. The minimum absolute atomic E-state index is 0.0423. The van der Waals surface area contributed by atoms with Crippen molar-refractivity contribution in [2.45, 2.75) is 64.4 Å². The quantitative estimate of drug-likeness (QED) is 0.739. The van der Waals surface area contributed by atoms with Crippen molar-refractivity contribution in [2.75, 3.05) is 0 Å². The fourth-order valence-electron chi connectivity index (χ4n) is 3.38. The highest BCUT2D eigenvalue weighted by Crippen LogP contribution is 2.33. The van der Waals surface area contributed by atoms with E-state index in [0.717, 1.165) is 25.9 Å². The van der Waals surface area contributed by atoms with Gasteiger partial charge >= 0.3 is 0 Å². The topological polar surface area (TPSA) is 12.5 Å². The normalized spacial score (nSPS) is 20.8. The molecule has 0 bridgehead atoms. The van der Waals surface area contributed by atoms with Crippen molar-refractivity contribution in [1.82, 2.24) is 4.90 Å². The average Bonchev–Trinajstić information content (AvgIpc) is 2.51. The summed E-state index contributed by atoms with van der Waals surface area (Å²) in [6, 6.07) is 22.2. The Bertz CT molecular complexity index is 570. The van der Waals surface area contributed by atoms with Crippen molar-refractivity contribution in [3.8, 4) is 0 Å². The predicted molar refractivity (Wildman–Crippen MR) is 99.8 cm³/mol. The Morgan fingerprint density at radius 2 is 1.29 bits per heavy atom. The van der Waals surface area contributed by atoms with Crippen LogP contribution in [0.1, 0.15) is 44.7 Å². The Balaban J connectivity index is 1.64. The number of ether oxygens (including phenoxy) is 1. The molecule has 1 fully saturated rings. The summed E-state index contributed by atoms with van der Waals surface area (Å²) < 4.78 is 6.13. The molecular formula is C22H29NO. The Labute approximate surface area is 146 Å². The zero-order valence-corrected chi connectivity index (χ0v) is 15.1. The van der Waals surface area contributed by atoms with E-state index in [0.29, 0.717) is 12.1 Å². The van der Waals surface area contributed by atoms with Crippen LogP contribution in [0.3, 0.4) is 0 Å². The smallest absolute Gasteiger partial charge is 0.0612 e. The molecule has 24 heavy (non-hydrogen) atoms. The highest BCUT2D eigenvalue weighted by atomic mass is 16.5.